The number of benzene rings is 1. The van der Waals surface area contributed by atoms with Crippen LogP contribution in [0.25, 0.3) is 0 Å². The van der Waals surface area contributed by atoms with Crippen LogP contribution < -0.4 is 4.74 Å². The zero-order valence-corrected chi connectivity index (χ0v) is 10.8. The lowest BCUT2D eigenvalue weighted by Crippen LogP contribution is -2.05. The van der Waals surface area contributed by atoms with E-state index in [9.17, 15) is 5.11 Å². The summed E-state index contributed by atoms with van der Waals surface area (Å²) in [5.41, 5.74) is 2.28. The lowest BCUT2D eigenvalue weighted by molar-refractivity contribution is 0.163. The van der Waals surface area contributed by atoms with Crippen LogP contribution >= 0.6 is 0 Å². The molecule has 1 aromatic carbocycles. The van der Waals surface area contributed by atoms with Crippen molar-refractivity contribution in [2.24, 2.45) is 0 Å². The number of hydrogen-bond acceptors (Lipinski definition) is 2. The van der Waals surface area contributed by atoms with Crippen molar-refractivity contribution in [1.82, 2.24) is 0 Å². The number of aliphatic hydroxyl groups is 1. The van der Waals surface area contributed by atoms with Gasteiger partial charge in [0.05, 0.1) is 6.10 Å². The summed E-state index contributed by atoms with van der Waals surface area (Å²) in [5, 5.41) is 10.1. The van der Waals surface area contributed by atoms with Gasteiger partial charge in [-0.1, -0.05) is 32.3 Å². The van der Waals surface area contributed by atoms with E-state index in [4.69, 9.17) is 4.74 Å². The van der Waals surface area contributed by atoms with Gasteiger partial charge in [0.2, 0.25) is 0 Å². The van der Waals surface area contributed by atoms with Crippen molar-refractivity contribution >= 4 is 0 Å². The Kier molecular flexibility index (Phi) is 4.06. The minimum Gasteiger partial charge on any atom is -0.490 e. The highest BCUT2D eigenvalue weighted by atomic mass is 16.5. The molecule has 1 aromatic rings. The van der Waals surface area contributed by atoms with E-state index in [1.807, 2.05) is 12.1 Å². The smallest absolute Gasteiger partial charge is 0.123 e. The third-order valence-electron chi connectivity index (χ3n) is 3.39. The van der Waals surface area contributed by atoms with Crippen LogP contribution in [0, 0.1) is 0 Å². The summed E-state index contributed by atoms with van der Waals surface area (Å²) in [5.74, 6) is 0.988. The van der Waals surface area contributed by atoms with E-state index in [1.165, 1.54) is 18.4 Å². The summed E-state index contributed by atoms with van der Waals surface area (Å²) in [6, 6.07) is 6.10. The summed E-state index contributed by atoms with van der Waals surface area (Å²) >= 11 is 0. The van der Waals surface area contributed by atoms with E-state index < -0.39 is 0 Å². The van der Waals surface area contributed by atoms with Crippen molar-refractivity contribution in [3.05, 3.63) is 29.3 Å². The quantitative estimate of drug-likeness (QED) is 0.788. The highest BCUT2D eigenvalue weighted by Crippen LogP contribution is 2.32. The molecular formula is C15H22O2. The first-order valence-electron chi connectivity index (χ1n) is 6.68. The first kappa shape index (κ1) is 12.4. The Morgan fingerprint density at radius 1 is 1.41 bits per heavy atom. The van der Waals surface area contributed by atoms with Gasteiger partial charge in [0.25, 0.3) is 0 Å². The van der Waals surface area contributed by atoms with Gasteiger partial charge in [-0.3, -0.25) is 0 Å². The third kappa shape index (κ3) is 3.01. The highest BCUT2D eigenvalue weighted by Gasteiger charge is 2.20. The number of ether oxygens (including phenoxy) is 1. The van der Waals surface area contributed by atoms with E-state index in [0.29, 0.717) is 0 Å². The Morgan fingerprint density at radius 2 is 2.24 bits per heavy atom. The van der Waals surface area contributed by atoms with Crippen molar-refractivity contribution in [3.63, 3.8) is 0 Å². The van der Waals surface area contributed by atoms with E-state index >= 15 is 0 Å². The van der Waals surface area contributed by atoms with Crippen LogP contribution in [-0.2, 0) is 6.42 Å². The molecule has 2 unspecified atom stereocenters. The van der Waals surface area contributed by atoms with Crippen LogP contribution in [0.15, 0.2) is 18.2 Å². The summed E-state index contributed by atoms with van der Waals surface area (Å²) in [6.07, 6.45) is 5.28. The van der Waals surface area contributed by atoms with E-state index in [1.54, 1.807) is 0 Å². The maximum atomic E-state index is 10.1. The number of hydrogen-bond donors (Lipinski definition) is 1. The van der Waals surface area contributed by atoms with Gasteiger partial charge < -0.3 is 9.84 Å². The normalized spacial score (nSPS) is 19.8. The molecule has 1 heterocycles. The number of unbranched alkanes of at least 4 members (excludes halogenated alkanes) is 2. The van der Waals surface area contributed by atoms with Crippen molar-refractivity contribution in [1.29, 1.82) is 0 Å². The maximum Gasteiger partial charge on any atom is 0.123 e. The minimum atomic E-state index is -0.317. The first-order chi connectivity index (χ1) is 8.20. The van der Waals surface area contributed by atoms with Gasteiger partial charge in [0.1, 0.15) is 11.9 Å². The van der Waals surface area contributed by atoms with Crippen LogP contribution in [-0.4, -0.2) is 11.2 Å². The van der Waals surface area contributed by atoms with E-state index in [2.05, 4.69) is 19.9 Å². The zero-order chi connectivity index (χ0) is 12.3. The molecule has 1 aliphatic rings. The zero-order valence-electron chi connectivity index (χ0n) is 10.8. The molecule has 0 saturated carbocycles. The molecule has 2 nitrogen and oxygen atoms in total. The number of fused-ring (bicyclic) bond motifs is 1. The second kappa shape index (κ2) is 5.54. The molecule has 0 radical (unpaired) electrons. The van der Waals surface area contributed by atoms with Crippen molar-refractivity contribution < 1.29 is 9.84 Å². The second-order valence-electron chi connectivity index (χ2n) is 5.01. The largest absolute Gasteiger partial charge is 0.490 e. The molecule has 0 fully saturated rings. The predicted molar refractivity (Wildman–Crippen MR) is 69.3 cm³/mol. The summed E-state index contributed by atoms with van der Waals surface area (Å²) in [6.45, 7) is 4.26. The van der Waals surface area contributed by atoms with Crippen LogP contribution in [0.3, 0.4) is 0 Å². The molecule has 2 atom stereocenters. The molecular weight excluding hydrogens is 212 g/mol. The summed E-state index contributed by atoms with van der Waals surface area (Å²) in [7, 11) is 0. The molecule has 0 bridgehead atoms. The summed E-state index contributed by atoms with van der Waals surface area (Å²) < 4.78 is 5.66. The number of rotatable bonds is 5. The topological polar surface area (TPSA) is 29.5 Å². The Labute approximate surface area is 104 Å². The monoisotopic (exact) mass is 234 g/mol. The molecule has 0 amide bonds. The summed E-state index contributed by atoms with van der Waals surface area (Å²) in [4.78, 5) is 0. The predicted octanol–water partition coefficient (Wildman–Crippen LogP) is 3.62. The molecule has 0 aliphatic carbocycles. The van der Waals surface area contributed by atoms with Gasteiger partial charge in [-0.15, -0.1) is 0 Å². The van der Waals surface area contributed by atoms with Gasteiger partial charge in [0, 0.05) is 6.42 Å². The van der Waals surface area contributed by atoms with Crippen molar-refractivity contribution in [2.45, 2.75) is 58.2 Å². The SMILES string of the molecule is CCCCCC(O)c1ccc2c(c1)CC(C)O2. The van der Waals surface area contributed by atoms with Crippen LogP contribution in [0.5, 0.6) is 5.75 Å². The fourth-order valence-electron chi connectivity index (χ4n) is 2.40. The van der Waals surface area contributed by atoms with Gasteiger partial charge in [-0.2, -0.15) is 0 Å². The Bertz CT molecular complexity index is 373. The minimum absolute atomic E-state index is 0.275. The average molecular weight is 234 g/mol. The average Bonchev–Trinajstić information content (AvgIpc) is 2.68. The fraction of sp³-hybridized carbons (Fsp3) is 0.600. The lowest BCUT2D eigenvalue weighted by Gasteiger charge is -2.11. The molecule has 17 heavy (non-hydrogen) atoms. The Hall–Kier alpha value is -1.02. The molecule has 2 heteroatoms. The van der Waals surface area contributed by atoms with Gasteiger partial charge >= 0.3 is 0 Å². The van der Waals surface area contributed by atoms with E-state index in [-0.39, 0.29) is 12.2 Å². The van der Waals surface area contributed by atoms with Crippen LogP contribution in [0.1, 0.15) is 56.8 Å². The van der Waals surface area contributed by atoms with Crippen LogP contribution in [0.2, 0.25) is 0 Å². The van der Waals surface area contributed by atoms with Gasteiger partial charge in [-0.25, -0.2) is 0 Å². The maximum absolute atomic E-state index is 10.1. The first-order valence-corrected chi connectivity index (χ1v) is 6.68. The standard InChI is InChI=1S/C15H22O2/c1-3-4-5-6-14(16)12-7-8-15-13(10-12)9-11(2)17-15/h7-8,10-11,14,16H,3-6,9H2,1-2H3. The highest BCUT2D eigenvalue weighted by molar-refractivity contribution is 5.41. The van der Waals surface area contributed by atoms with E-state index in [0.717, 1.165) is 30.6 Å². The van der Waals surface area contributed by atoms with Gasteiger partial charge in [0.15, 0.2) is 0 Å². The van der Waals surface area contributed by atoms with Gasteiger partial charge in [-0.05, 0) is 36.6 Å². The third-order valence-corrected chi connectivity index (χ3v) is 3.39. The molecule has 1 aliphatic heterocycles. The van der Waals surface area contributed by atoms with Crippen LogP contribution in [0.4, 0.5) is 0 Å². The van der Waals surface area contributed by atoms with Crippen molar-refractivity contribution in [2.75, 3.05) is 0 Å². The Morgan fingerprint density at radius 3 is 3.00 bits per heavy atom. The molecule has 0 aromatic heterocycles. The second-order valence-corrected chi connectivity index (χ2v) is 5.01. The molecule has 94 valence electrons. The molecule has 1 N–H and O–H groups in total. The Balaban J connectivity index is 2.00. The number of aliphatic hydroxyl groups excluding tert-OH is 1. The van der Waals surface area contributed by atoms with Crippen molar-refractivity contribution in [3.8, 4) is 5.75 Å². The molecule has 0 saturated heterocycles. The fourth-order valence-corrected chi connectivity index (χ4v) is 2.40. The molecule has 0 spiro atoms. The lowest BCUT2D eigenvalue weighted by atomic mass is 10.00. The molecule has 2 rings (SSSR count).